The lowest BCUT2D eigenvalue weighted by Gasteiger charge is -2.10. The number of carbonyl (C=O) groups is 2. The highest BCUT2D eigenvalue weighted by molar-refractivity contribution is 6.02. The van der Waals surface area contributed by atoms with Crippen LogP contribution in [0.5, 0.6) is 5.75 Å². The highest BCUT2D eigenvalue weighted by Gasteiger charge is 2.06. The quantitative estimate of drug-likeness (QED) is 0.804. The topological polar surface area (TPSA) is 58.6 Å². The molecule has 2 amide bonds. The van der Waals surface area contributed by atoms with Gasteiger partial charge in [0, 0.05) is 31.4 Å². The fourth-order valence-corrected chi connectivity index (χ4v) is 2.24. The third kappa shape index (κ3) is 5.77. The predicted octanol–water partition coefficient (Wildman–Crippen LogP) is 3.83. The molecule has 0 saturated carbocycles. The molecule has 0 bridgehead atoms. The van der Waals surface area contributed by atoms with Gasteiger partial charge in [0.1, 0.15) is 5.75 Å². The van der Waals surface area contributed by atoms with Gasteiger partial charge in [0.05, 0.1) is 6.10 Å². The van der Waals surface area contributed by atoms with Crippen LogP contribution in [0.1, 0.15) is 29.8 Å². The Morgan fingerprint density at radius 2 is 1.62 bits per heavy atom. The zero-order chi connectivity index (χ0) is 19.1. The third-order valence-electron chi connectivity index (χ3n) is 3.48. The Labute approximate surface area is 154 Å². The highest BCUT2D eigenvalue weighted by Crippen LogP contribution is 2.17. The van der Waals surface area contributed by atoms with Crippen molar-refractivity contribution < 1.29 is 14.3 Å². The molecule has 2 aromatic carbocycles. The summed E-state index contributed by atoms with van der Waals surface area (Å²) in [7, 11) is 3.42. The van der Waals surface area contributed by atoms with Gasteiger partial charge >= 0.3 is 0 Å². The van der Waals surface area contributed by atoms with Gasteiger partial charge in [0.15, 0.2) is 0 Å². The van der Waals surface area contributed by atoms with Crippen LogP contribution >= 0.6 is 0 Å². The van der Waals surface area contributed by atoms with Gasteiger partial charge in [0.2, 0.25) is 5.91 Å². The van der Waals surface area contributed by atoms with Crippen molar-refractivity contribution in [3.63, 3.8) is 0 Å². The number of anilines is 1. The van der Waals surface area contributed by atoms with Crippen molar-refractivity contribution in [3.05, 3.63) is 65.7 Å². The van der Waals surface area contributed by atoms with E-state index in [1.807, 2.05) is 26.0 Å². The standard InChI is InChI=1S/C21H24N2O3/c1-15(2)26-19-12-10-18(11-13-19)22-20(24)14-7-16-5-8-17(9-6-16)21(25)23(3)4/h5-15H,1-4H3,(H,22,24)/b14-7+. The maximum atomic E-state index is 12.0. The minimum absolute atomic E-state index is 0.0526. The molecular weight excluding hydrogens is 328 g/mol. The first-order chi connectivity index (χ1) is 12.3. The van der Waals surface area contributed by atoms with Gasteiger partial charge in [0.25, 0.3) is 5.91 Å². The number of nitrogens with zero attached hydrogens (tertiary/aromatic N) is 1. The molecular formula is C21H24N2O3. The second-order valence-electron chi connectivity index (χ2n) is 6.34. The van der Waals surface area contributed by atoms with E-state index in [1.54, 1.807) is 56.6 Å². The summed E-state index contributed by atoms with van der Waals surface area (Å²) < 4.78 is 5.57. The molecule has 0 radical (unpaired) electrons. The van der Waals surface area contributed by atoms with E-state index in [2.05, 4.69) is 5.32 Å². The van der Waals surface area contributed by atoms with E-state index in [-0.39, 0.29) is 17.9 Å². The van der Waals surface area contributed by atoms with Crippen molar-refractivity contribution in [1.82, 2.24) is 4.90 Å². The van der Waals surface area contributed by atoms with E-state index in [4.69, 9.17) is 4.74 Å². The van der Waals surface area contributed by atoms with E-state index in [9.17, 15) is 9.59 Å². The molecule has 0 saturated heterocycles. The molecule has 0 atom stereocenters. The first-order valence-corrected chi connectivity index (χ1v) is 8.42. The summed E-state index contributed by atoms with van der Waals surface area (Å²) in [5.74, 6) is 0.486. The number of rotatable bonds is 6. The molecule has 0 spiro atoms. The molecule has 26 heavy (non-hydrogen) atoms. The van der Waals surface area contributed by atoms with Gasteiger partial charge in [-0.2, -0.15) is 0 Å². The second kappa shape index (κ2) is 8.85. The molecule has 0 aromatic heterocycles. The molecule has 2 rings (SSSR count). The summed E-state index contributed by atoms with van der Waals surface area (Å²) in [5, 5.41) is 2.80. The van der Waals surface area contributed by atoms with Crippen molar-refractivity contribution >= 4 is 23.6 Å². The van der Waals surface area contributed by atoms with Crippen LogP contribution in [0.2, 0.25) is 0 Å². The van der Waals surface area contributed by atoms with Crippen molar-refractivity contribution in [2.45, 2.75) is 20.0 Å². The molecule has 0 aliphatic rings. The fourth-order valence-electron chi connectivity index (χ4n) is 2.24. The molecule has 0 aliphatic carbocycles. The SMILES string of the molecule is CC(C)Oc1ccc(NC(=O)/C=C/c2ccc(C(=O)N(C)C)cc2)cc1. The Balaban J connectivity index is 1.93. The van der Waals surface area contributed by atoms with Crippen molar-refractivity contribution in [2.24, 2.45) is 0 Å². The van der Waals surface area contributed by atoms with E-state index >= 15 is 0 Å². The molecule has 136 valence electrons. The monoisotopic (exact) mass is 352 g/mol. The average Bonchev–Trinajstić information content (AvgIpc) is 2.61. The summed E-state index contributed by atoms with van der Waals surface area (Å²) in [6.07, 6.45) is 3.27. The lowest BCUT2D eigenvalue weighted by molar-refractivity contribution is -0.111. The molecule has 5 nitrogen and oxygen atoms in total. The number of ether oxygens (including phenoxy) is 1. The minimum Gasteiger partial charge on any atom is -0.491 e. The Kier molecular flexibility index (Phi) is 6.55. The lowest BCUT2D eigenvalue weighted by Crippen LogP contribution is -2.21. The van der Waals surface area contributed by atoms with Crippen LogP contribution in [0.15, 0.2) is 54.6 Å². The van der Waals surface area contributed by atoms with E-state index < -0.39 is 0 Å². The molecule has 1 N–H and O–H groups in total. The maximum absolute atomic E-state index is 12.0. The first kappa shape index (κ1) is 19.2. The van der Waals surface area contributed by atoms with Crippen molar-refractivity contribution in [2.75, 3.05) is 19.4 Å². The van der Waals surface area contributed by atoms with Crippen LogP contribution in [0.25, 0.3) is 6.08 Å². The zero-order valence-corrected chi connectivity index (χ0v) is 15.5. The molecule has 0 aliphatic heterocycles. The van der Waals surface area contributed by atoms with Crippen LogP contribution in [-0.2, 0) is 4.79 Å². The Morgan fingerprint density at radius 3 is 2.15 bits per heavy atom. The Hall–Kier alpha value is -3.08. The van der Waals surface area contributed by atoms with Gasteiger partial charge < -0.3 is 15.0 Å². The first-order valence-electron chi connectivity index (χ1n) is 8.42. The normalized spacial score (nSPS) is 10.8. The number of hydrogen-bond donors (Lipinski definition) is 1. The average molecular weight is 352 g/mol. The maximum Gasteiger partial charge on any atom is 0.253 e. The molecule has 0 unspecified atom stereocenters. The van der Waals surface area contributed by atoms with Gasteiger partial charge in [-0.1, -0.05) is 12.1 Å². The van der Waals surface area contributed by atoms with Crippen LogP contribution in [0.3, 0.4) is 0 Å². The van der Waals surface area contributed by atoms with Crippen LogP contribution in [0, 0.1) is 0 Å². The number of carbonyl (C=O) groups excluding carboxylic acids is 2. The smallest absolute Gasteiger partial charge is 0.253 e. The molecule has 0 heterocycles. The largest absolute Gasteiger partial charge is 0.491 e. The summed E-state index contributed by atoms with van der Waals surface area (Å²) >= 11 is 0. The fraction of sp³-hybridized carbons (Fsp3) is 0.238. The van der Waals surface area contributed by atoms with Crippen LogP contribution in [-0.4, -0.2) is 36.9 Å². The molecule has 2 aromatic rings. The van der Waals surface area contributed by atoms with Gasteiger partial charge in [-0.05, 0) is 61.9 Å². The number of benzene rings is 2. The Morgan fingerprint density at radius 1 is 1.00 bits per heavy atom. The van der Waals surface area contributed by atoms with E-state index in [1.165, 1.54) is 11.0 Å². The lowest BCUT2D eigenvalue weighted by atomic mass is 10.1. The van der Waals surface area contributed by atoms with Gasteiger partial charge in [-0.3, -0.25) is 9.59 Å². The minimum atomic E-state index is -0.226. The van der Waals surface area contributed by atoms with Crippen LogP contribution in [0.4, 0.5) is 5.69 Å². The summed E-state index contributed by atoms with van der Waals surface area (Å²) in [6, 6.07) is 14.3. The van der Waals surface area contributed by atoms with Crippen LogP contribution < -0.4 is 10.1 Å². The third-order valence-corrected chi connectivity index (χ3v) is 3.48. The van der Waals surface area contributed by atoms with Crippen molar-refractivity contribution in [1.29, 1.82) is 0 Å². The van der Waals surface area contributed by atoms with Gasteiger partial charge in [-0.15, -0.1) is 0 Å². The van der Waals surface area contributed by atoms with Crippen molar-refractivity contribution in [3.8, 4) is 5.75 Å². The summed E-state index contributed by atoms with van der Waals surface area (Å²) in [5.41, 5.74) is 2.15. The molecule has 5 heteroatoms. The number of hydrogen-bond acceptors (Lipinski definition) is 3. The summed E-state index contributed by atoms with van der Waals surface area (Å²) in [6.45, 7) is 3.92. The van der Waals surface area contributed by atoms with E-state index in [0.29, 0.717) is 11.3 Å². The van der Waals surface area contributed by atoms with Gasteiger partial charge in [-0.25, -0.2) is 0 Å². The number of amides is 2. The second-order valence-corrected chi connectivity index (χ2v) is 6.34. The number of nitrogens with one attached hydrogen (secondary N) is 1. The highest BCUT2D eigenvalue weighted by atomic mass is 16.5. The zero-order valence-electron chi connectivity index (χ0n) is 15.5. The van der Waals surface area contributed by atoms with E-state index in [0.717, 1.165) is 11.3 Å². The Bertz CT molecular complexity index is 776. The molecule has 0 fully saturated rings. The predicted molar refractivity (Wildman–Crippen MR) is 104 cm³/mol. The summed E-state index contributed by atoms with van der Waals surface area (Å²) in [4.78, 5) is 25.4.